The molecule has 0 aromatic carbocycles. The maximum atomic E-state index is 11.2. The normalized spacial score (nSPS) is 11.2. The lowest BCUT2D eigenvalue weighted by Crippen LogP contribution is -2.39. The van der Waals surface area contributed by atoms with Gasteiger partial charge in [-0.15, -0.1) is 0 Å². The van der Waals surface area contributed by atoms with Crippen LogP contribution in [-0.4, -0.2) is 57.1 Å². The molecule has 0 bridgehead atoms. The average Bonchev–Trinajstić information content (AvgIpc) is 2.29. The van der Waals surface area contributed by atoms with Crippen LogP contribution in [0, 0.1) is 0 Å². The molecule has 0 fully saturated rings. The van der Waals surface area contributed by atoms with Gasteiger partial charge >= 0.3 is 5.97 Å². The third-order valence-electron chi connectivity index (χ3n) is 2.23. The molecule has 0 atom stereocenters. The van der Waals surface area contributed by atoms with Crippen LogP contribution >= 0.6 is 0 Å². The van der Waals surface area contributed by atoms with Gasteiger partial charge in [0.1, 0.15) is 0 Å². The molecule has 0 radical (unpaired) electrons. The highest BCUT2D eigenvalue weighted by atomic mass is 16.7. The zero-order chi connectivity index (χ0) is 13.1. The second-order valence-electron chi connectivity index (χ2n) is 3.65. The SMILES string of the molecule is CCCN(CC(=O)OC)CC(OCC)OCC. The highest BCUT2D eigenvalue weighted by molar-refractivity contribution is 5.71. The third kappa shape index (κ3) is 8.12. The largest absolute Gasteiger partial charge is 0.468 e. The van der Waals surface area contributed by atoms with Crippen molar-refractivity contribution in [3.05, 3.63) is 0 Å². The van der Waals surface area contributed by atoms with Crippen molar-refractivity contribution in [1.82, 2.24) is 4.90 Å². The van der Waals surface area contributed by atoms with Crippen LogP contribution in [0.15, 0.2) is 0 Å². The average molecular weight is 247 g/mol. The van der Waals surface area contributed by atoms with E-state index in [1.807, 2.05) is 18.7 Å². The van der Waals surface area contributed by atoms with Gasteiger partial charge in [0, 0.05) is 13.2 Å². The zero-order valence-electron chi connectivity index (χ0n) is 11.4. The van der Waals surface area contributed by atoms with Gasteiger partial charge in [-0.05, 0) is 26.8 Å². The van der Waals surface area contributed by atoms with Gasteiger partial charge in [-0.2, -0.15) is 0 Å². The van der Waals surface area contributed by atoms with Gasteiger partial charge < -0.3 is 14.2 Å². The predicted octanol–water partition coefficient (Wildman–Crippen LogP) is 1.27. The van der Waals surface area contributed by atoms with E-state index in [4.69, 9.17) is 9.47 Å². The minimum absolute atomic E-state index is 0.231. The van der Waals surface area contributed by atoms with Crippen molar-refractivity contribution >= 4 is 5.97 Å². The van der Waals surface area contributed by atoms with Crippen LogP contribution in [0.3, 0.4) is 0 Å². The number of nitrogens with zero attached hydrogens (tertiary/aromatic N) is 1. The van der Waals surface area contributed by atoms with Crippen molar-refractivity contribution in [2.75, 3.05) is 40.0 Å². The van der Waals surface area contributed by atoms with E-state index in [0.717, 1.165) is 13.0 Å². The Morgan fingerprint density at radius 3 is 2.18 bits per heavy atom. The molecule has 0 aliphatic carbocycles. The van der Waals surface area contributed by atoms with Gasteiger partial charge in [0.25, 0.3) is 0 Å². The van der Waals surface area contributed by atoms with Crippen LogP contribution in [0.25, 0.3) is 0 Å². The van der Waals surface area contributed by atoms with Crippen LogP contribution in [0.1, 0.15) is 27.2 Å². The highest BCUT2D eigenvalue weighted by Gasteiger charge is 2.16. The predicted molar refractivity (Wildman–Crippen MR) is 65.8 cm³/mol. The summed E-state index contributed by atoms with van der Waals surface area (Å²) in [5, 5.41) is 0. The fourth-order valence-electron chi connectivity index (χ4n) is 1.53. The van der Waals surface area contributed by atoms with E-state index in [1.165, 1.54) is 7.11 Å². The molecule has 0 rings (SSSR count). The van der Waals surface area contributed by atoms with Gasteiger partial charge in [-0.3, -0.25) is 9.69 Å². The van der Waals surface area contributed by atoms with E-state index >= 15 is 0 Å². The Morgan fingerprint density at radius 1 is 1.18 bits per heavy atom. The second-order valence-corrected chi connectivity index (χ2v) is 3.65. The number of ether oxygens (including phenoxy) is 3. The summed E-state index contributed by atoms with van der Waals surface area (Å²) in [6.45, 7) is 8.82. The molecule has 0 aliphatic heterocycles. The highest BCUT2D eigenvalue weighted by Crippen LogP contribution is 2.01. The maximum absolute atomic E-state index is 11.2. The van der Waals surface area contributed by atoms with E-state index in [9.17, 15) is 4.79 Å². The molecule has 0 aliphatic rings. The first-order valence-electron chi connectivity index (χ1n) is 6.20. The van der Waals surface area contributed by atoms with E-state index in [-0.39, 0.29) is 18.8 Å². The molecule has 0 unspecified atom stereocenters. The molecule has 0 amide bonds. The number of hydrogen-bond acceptors (Lipinski definition) is 5. The smallest absolute Gasteiger partial charge is 0.319 e. The molecule has 0 heterocycles. The first-order valence-corrected chi connectivity index (χ1v) is 6.20. The summed E-state index contributed by atoms with van der Waals surface area (Å²) in [6.07, 6.45) is 0.698. The molecule has 0 N–H and O–H groups in total. The molecule has 0 saturated heterocycles. The molecule has 5 nitrogen and oxygen atoms in total. The fraction of sp³-hybridized carbons (Fsp3) is 0.917. The lowest BCUT2D eigenvalue weighted by molar-refractivity contribution is -0.154. The Kier molecular flexibility index (Phi) is 10.1. The number of carbonyl (C=O) groups excluding carboxylic acids is 1. The molecule has 0 saturated carbocycles. The van der Waals surface area contributed by atoms with Crippen molar-refractivity contribution in [2.45, 2.75) is 33.5 Å². The maximum Gasteiger partial charge on any atom is 0.319 e. The first-order chi connectivity index (χ1) is 8.17. The lowest BCUT2D eigenvalue weighted by atomic mass is 10.4. The van der Waals surface area contributed by atoms with Crippen molar-refractivity contribution in [2.24, 2.45) is 0 Å². The first kappa shape index (κ1) is 16.4. The lowest BCUT2D eigenvalue weighted by Gasteiger charge is -2.25. The standard InChI is InChI=1S/C12H25NO4/c1-5-8-13(9-11(14)15-4)10-12(16-6-2)17-7-3/h12H,5-10H2,1-4H3. The van der Waals surface area contributed by atoms with Crippen molar-refractivity contribution in [3.63, 3.8) is 0 Å². The Balaban J connectivity index is 4.21. The molecular formula is C12H25NO4. The van der Waals surface area contributed by atoms with Gasteiger partial charge in [-0.1, -0.05) is 6.92 Å². The summed E-state index contributed by atoms with van der Waals surface area (Å²) in [7, 11) is 1.40. The van der Waals surface area contributed by atoms with Crippen LogP contribution in [0.4, 0.5) is 0 Å². The number of methoxy groups -OCH3 is 1. The summed E-state index contributed by atoms with van der Waals surface area (Å²) in [6, 6.07) is 0. The molecule has 0 spiro atoms. The molecular weight excluding hydrogens is 222 g/mol. The summed E-state index contributed by atoms with van der Waals surface area (Å²) in [5.41, 5.74) is 0. The topological polar surface area (TPSA) is 48.0 Å². The second kappa shape index (κ2) is 10.5. The number of hydrogen-bond donors (Lipinski definition) is 0. The Labute approximate surface area is 104 Å². The van der Waals surface area contributed by atoms with Gasteiger partial charge in [0.05, 0.1) is 20.2 Å². The van der Waals surface area contributed by atoms with Crippen LogP contribution in [0.2, 0.25) is 0 Å². The minimum Gasteiger partial charge on any atom is -0.468 e. The minimum atomic E-state index is -0.277. The van der Waals surface area contributed by atoms with Crippen molar-refractivity contribution in [1.29, 1.82) is 0 Å². The number of esters is 1. The quantitative estimate of drug-likeness (QED) is 0.430. The van der Waals surface area contributed by atoms with Gasteiger partial charge in [0.15, 0.2) is 6.29 Å². The molecule has 5 heteroatoms. The fourth-order valence-corrected chi connectivity index (χ4v) is 1.53. The van der Waals surface area contributed by atoms with E-state index in [2.05, 4.69) is 11.7 Å². The van der Waals surface area contributed by atoms with Crippen molar-refractivity contribution < 1.29 is 19.0 Å². The van der Waals surface area contributed by atoms with Crippen molar-refractivity contribution in [3.8, 4) is 0 Å². The molecule has 17 heavy (non-hydrogen) atoms. The van der Waals surface area contributed by atoms with Crippen LogP contribution in [-0.2, 0) is 19.0 Å². The van der Waals surface area contributed by atoms with Gasteiger partial charge in [0.2, 0.25) is 0 Å². The Hall–Kier alpha value is -0.650. The molecule has 102 valence electrons. The third-order valence-corrected chi connectivity index (χ3v) is 2.23. The summed E-state index contributed by atoms with van der Waals surface area (Å²) < 4.78 is 15.6. The Morgan fingerprint density at radius 2 is 1.76 bits per heavy atom. The van der Waals surface area contributed by atoms with E-state index in [0.29, 0.717) is 19.8 Å². The monoisotopic (exact) mass is 247 g/mol. The molecule has 0 aromatic rings. The zero-order valence-corrected chi connectivity index (χ0v) is 11.4. The van der Waals surface area contributed by atoms with Crippen LogP contribution < -0.4 is 0 Å². The number of rotatable bonds is 10. The number of carbonyl (C=O) groups is 1. The summed E-state index contributed by atoms with van der Waals surface area (Å²) >= 11 is 0. The summed E-state index contributed by atoms with van der Waals surface area (Å²) in [5.74, 6) is -0.231. The van der Waals surface area contributed by atoms with Crippen LogP contribution in [0.5, 0.6) is 0 Å². The van der Waals surface area contributed by atoms with E-state index in [1.54, 1.807) is 0 Å². The Bertz CT molecular complexity index is 193. The van der Waals surface area contributed by atoms with E-state index < -0.39 is 0 Å². The molecule has 0 aromatic heterocycles. The van der Waals surface area contributed by atoms with Gasteiger partial charge in [-0.25, -0.2) is 0 Å². The summed E-state index contributed by atoms with van der Waals surface area (Å²) in [4.78, 5) is 13.2.